The Morgan fingerprint density at radius 2 is 1.72 bits per heavy atom. The van der Waals surface area contributed by atoms with E-state index in [4.69, 9.17) is 9.47 Å². The SMILES string of the molecule is CCOc1cc(/C=N/NC(=O)Cc2ccccc2[N+](=O)[O-])ccc1OCc1ccc2ccccc2c1. The van der Waals surface area contributed by atoms with E-state index in [1.165, 1.54) is 17.7 Å². The monoisotopic (exact) mass is 483 g/mol. The molecule has 182 valence electrons. The highest BCUT2D eigenvalue weighted by Crippen LogP contribution is 2.29. The summed E-state index contributed by atoms with van der Waals surface area (Å²) in [5.41, 5.74) is 4.37. The predicted octanol–water partition coefficient (Wildman–Crippen LogP) is 5.42. The van der Waals surface area contributed by atoms with Gasteiger partial charge in [0.1, 0.15) is 6.61 Å². The maximum atomic E-state index is 12.2. The van der Waals surface area contributed by atoms with Gasteiger partial charge in [-0.15, -0.1) is 0 Å². The van der Waals surface area contributed by atoms with Gasteiger partial charge in [0.2, 0.25) is 5.91 Å². The zero-order valence-electron chi connectivity index (χ0n) is 19.7. The molecule has 4 aromatic rings. The van der Waals surface area contributed by atoms with Crippen LogP contribution in [0.5, 0.6) is 11.5 Å². The molecular formula is C28H25N3O5. The Labute approximate surface area is 208 Å². The molecule has 8 heteroatoms. The first-order valence-corrected chi connectivity index (χ1v) is 11.4. The smallest absolute Gasteiger partial charge is 0.273 e. The first-order valence-electron chi connectivity index (χ1n) is 11.4. The quantitative estimate of drug-likeness (QED) is 0.184. The first kappa shape index (κ1) is 24.4. The van der Waals surface area contributed by atoms with Gasteiger partial charge in [-0.3, -0.25) is 14.9 Å². The second-order valence-corrected chi connectivity index (χ2v) is 7.97. The molecule has 1 N–H and O–H groups in total. The van der Waals surface area contributed by atoms with E-state index in [1.807, 2.05) is 25.1 Å². The average Bonchev–Trinajstić information content (AvgIpc) is 2.88. The summed E-state index contributed by atoms with van der Waals surface area (Å²) >= 11 is 0. The van der Waals surface area contributed by atoms with Crippen molar-refractivity contribution in [2.45, 2.75) is 20.0 Å². The second kappa shape index (κ2) is 11.6. The summed E-state index contributed by atoms with van der Waals surface area (Å²) in [5, 5.41) is 17.4. The number of hydrogen-bond donors (Lipinski definition) is 1. The maximum absolute atomic E-state index is 12.2. The lowest BCUT2D eigenvalue weighted by Crippen LogP contribution is -2.20. The van der Waals surface area contributed by atoms with Crippen LogP contribution in [0.2, 0.25) is 0 Å². The number of fused-ring (bicyclic) bond motifs is 1. The summed E-state index contributed by atoms with van der Waals surface area (Å²) in [6.45, 7) is 2.73. The summed E-state index contributed by atoms with van der Waals surface area (Å²) in [5.74, 6) is 0.706. The largest absolute Gasteiger partial charge is 0.490 e. The molecule has 0 radical (unpaired) electrons. The molecule has 0 aliphatic rings. The number of carbonyl (C=O) groups is 1. The van der Waals surface area contributed by atoms with Gasteiger partial charge in [0.15, 0.2) is 11.5 Å². The summed E-state index contributed by atoms with van der Waals surface area (Å²) in [6, 6.07) is 25.9. The summed E-state index contributed by atoms with van der Waals surface area (Å²) in [6.07, 6.45) is 1.33. The van der Waals surface area contributed by atoms with E-state index in [0.29, 0.717) is 35.8 Å². The van der Waals surface area contributed by atoms with Crippen molar-refractivity contribution in [1.29, 1.82) is 0 Å². The Morgan fingerprint density at radius 3 is 2.53 bits per heavy atom. The van der Waals surface area contributed by atoms with Crippen LogP contribution in [-0.2, 0) is 17.8 Å². The fourth-order valence-corrected chi connectivity index (χ4v) is 3.71. The van der Waals surface area contributed by atoms with Crippen LogP contribution < -0.4 is 14.9 Å². The third kappa shape index (κ3) is 6.24. The minimum Gasteiger partial charge on any atom is -0.490 e. The van der Waals surface area contributed by atoms with Crippen molar-refractivity contribution in [2.75, 3.05) is 6.61 Å². The van der Waals surface area contributed by atoms with Gasteiger partial charge >= 0.3 is 0 Å². The molecule has 0 unspecified atom stereocenters. The van der Waals surface area contributed by atoms with Crippen molar-refractivity contribution in [2.24, 2.45) is 5.10 Å². The number of carbonyl (C=O) groups excluding carboxylic acids is 1. The van der Waals surface area contributed by atoms with E-state index >= 15 is 0 Å². The van der Waals surface area contributed by atoms with E-state index in [9.17, 15) is 14.9 Å². The number of hydrogen-bond acceptors (Lipinski definition) is 6. The van der Waals surface area contributed by atoms with Crippen LogP contribution >= 0.6 is 0 Å². The first-order chi connectivity index (χ1) is 17.5. The molecule has 0 saturated heterocycles. The molecule has 0 fully saturated rings. The van der Waals surface area contributed by atoms with Gasteiger partial charge in [-0.25, -0.2) is 5.43 Å². The van der Waals surface area contributed by atoms with Crippen molar-refractivity contribution in [3.63, 3.8) is 0 Å². The molecule has 0 aliphatic carbocycles. The third-order valence-corrected chi connectivity index (χ3v) is 5.42. The molecule has 0 aliphatic heterocycles. The number of ether oxygens (including phenoxy) is 2. The summed E-state index contributed by atoms with van der Waals surface area (Å²) in [4.78, 5) is 22.8. The number of nitro groups is 1. The molecule has 4 rings (SSSR count). The zero-order valence-corrected chi connectivity index (χ0v) is 19.7. The van der Waals surface area contributed by atoms with Crippen LogP contribution in [0.15, 0.2) is 90.0 Å². The van der Waals surface area contributed by atoms with Crippen LogP contribution in [0.25, 0.3) is 10.8 Å². The Balaban J connectivity index is 1.39. The highest BCUT2D eigenvalue weighted by atomic mass is 16.6. The van der Waals surface area contributed by atoms with Gasteiger partial charge in [-0.05, 0) is 53.1 Å². The maximum Gasteiger partial charge on any atom is 0.273 e. The van der Waals surface area contributed by atoms with Crippen molar-refractivity contribution < 1.29 is 19.2 Å². The standard InChI is InChI=1S/C28H25N3O5/c1-2-35-27-16-20(18-29-30-28(32)17-24-9-5-6-10-25(24)31(33)34)12-14-26(27)36-19-21-11-13-22-7-3-4-8-23(22)15-21/h3-16,18H,2,17,19H2,1H3,(H,30,32)/b29-18+. The third-order valence-electron chi connectivity index (χ3n) is 5.42. The van der Waals surface area contributed by atoms with Crippen LogP contribution in [0.3, 0.4) is 0 Å². The van der Waals surface area contributed by atoms with Crippen molar-refractivity contribution in [3.05, 3.63) is 112 Å². The van der Waals surface area contributed by atoms with E-state index in [0.717, 1.165) is 10.9 Å². The molecule has 1 amide bonds. The summed E-state index contributed by atoms with van der Waals surface area (Å²) < 4.78 is 11.8. The average molecular weight is 484 g/mol. The van der Waals surface area contributed by atoms with E-state index in [2.05, 4.69) is 34.8 Å². The molecule has 8 nitrogen and oxygen atoms in total. The number of amides is 1. The minimum atomic E-state index is -0.509. The van der Waals surface area contributed by atoms with Crippen LogP contribution in [-0.4, -0.2) is 23.7 Å². The van der Waals surface area contributed by atoms with Crippen molar-refractivity contribution in [1.82, 2.24) is 5.43 Å². The molecule has 4 aromatic carbocycles. The lowest BCUT2D eigenvalue weighted by molar-refractivity contribution is -0.385. The van der Waals surface area contributed by atoms with Crippen LogP contribution in [0, 0.1) is 10.1 Å². The summed E-state index contributed by atoms with van der Waals surface area (Å²) in [7, 11) is 0. The fourth-order valence-electron chi connectivity index (χ4n) is 3.71. The normalized spacial score (nSPS) is 10.9. The van der Waals surface area contributed by atoms with Crippen molar-refractivity contribution >= 4 is 28.6 Å². The van der Waals surface area contributed by atoms with Gasteiger partial charge in [0.05, 0.1) is 24.2 Å². The molecule has 0 aromatic heterocycles. The molecule has 36 heavy (non-hydrogen) atoms. The second-order valence-electron chi connectivity index (χ2n) is 7.97. The van der Waals surface area contributed by atoms with Crippen molar-refractivity contribution in [3.8, 4) is 11.5 Å². The molecule has 0 spiro atoms. The van der Waals surface area contributed by atoms with Crippen LogP contribution in [0.1, 0.15) is 23.6 Å². The fraction of sp³-hybridized carbons (Fsp3) is 0.143. The highest BCUT2D eigenvalue weighted by Gasteiger charge is 2.15. The number of rotatable bonds is 10. The van der Waals surface area contributed by atoms with Gasteiger partial charge in [-0.1, -0.05) is 54.6 Å². The van der Waals surface area contributed by atoms with Gasteiger partial charge in [0, 0.05) is 11.6 Å². The Kier molecular flexibility index (Phi) is 7.87. The number of benzene rings is 4. The van der Waals surface area contributed by atoms with E-state index < -0.39 is 10.8 Å². The molecule has 0 heterocycles. The number of nitro benzene ring substituents is 1. The molecule has 0 atom stereocenters. The number of hydrazone groups is 1. The molecule has 0 saturated carbocycles. The van der Waals surface area contributed by atoms with Gasteiger partial charge < -0.3 is 9.47 Å². The minimum absolute atomic E-state index is 0.0998. The number of nitrogens with zero attached hydrogens (tertiary/aromatic N) is 2. The number of nitrogens with one attached hydrogen (secondary N) is 1. The molecular weight excluding hydrogens is 458 g/mol. The topological polar surface area (TPSA) is 103 Å². The molecule has 0 bridgehead atoms. The Hall–Kier alpha value is -4.72. The van der Waals surface area contributed by atoms with Gasteiger partial charge in [-0.2, -0.15) is 5.10 Å². The Bertz CT molecular complexity index is 1420. The Morgan fingerprint density at radius 1 is 0.944 bits per heavy atom. The van der Waals surface area contributed by atoms with E-state index in [1.54, 1.807) is 36.4 Å². The van der Waals surface area contributed by atoms with E-state index in [-0.39, 0.29) is 12.1 Å². The predicted molar refractivity (Wildman–Crippen MR) is 138 cm³/mol. The van der Waals surface area contributed by atoms with Crippen LogP contribution in [0.4, 0.5) is 5.69 Å². The zero-order chi connectivity index (χ0) is 25.3. The number of para-hydroxylation sites is 1. The highest BCUT2D eigenvalue weighted by molar-refractivity contribution is 5.84. The lowest BCUT2D eigenvalue weighted by Gasteiger charge is -2.13. The lowest BCUT2D eigenvalue weighted by atomic mass is 10.1. The van der Waals surface area contributed by atoms with Gasteiger partial charge in [0.25, 0.3) is 5.69 Å².